The summed E-state index contributed by atoms with van der Waals surface area (Å²) < 4.78 is 5.84. The van der Waals surface area contributed by atoms with Crippen LogP contribution in [0.4, 0.5) is 0 Å². The molecule has 0 radical (unpaired) electrons. The average molecular weight is 376 g/mol. The number of ether oxygens (including phenoxy) is 1. The smallest absolute Gasteiger partial charge is 0.222 e. The Balaban J connectivity index is 1.51. The number of amides is 2. The topological polar surface area (TPSA) is 67.4 Å². The summed E-state index contributed by atoms with van der Waals surface area (Å²) in [5, 5.41) is 7.85. The number of nitrogens with one attached hydrogen (secondary N) is 2. The van der Waals surface area contributed by atoms with E-state index in [9.17, 15) is 9.59 Å². The highest BCUT2D eigenvalue weighted by Gasteiger charge is 2.16. The lowest BCUT2D eigenvalue weighted by atomic mass is 10.0. The maximum Gasteiger partial charge on any atom is 0.222 e. The van der Waals surface area contributed by atoms with Crippen LogP contribution >= 0.6 is 0 Å². The third kappa shape index (κ3) is 5.33. The van der Waals surface area contributed by atoms with E-state index in [-0.39, 0.29) is 24.3 Å². The molecule has 3 aromatic rings. The summed E-state index contributed by atoms with van der Waals surface area (Å²) in [5.74, 6) is 0.498. The predicted octanol–water partition coefficient (Wildman–Crippen LogP) is 3.60. The number of benzene rings is 3. The molecular formula is C23H24N2O3. The van der Waals surface area contributed by atoms with Crippen molar-refractivity contribution in [1.82, 2.24) is 10.6 Å². The Labute approximate surface area is 164 Å². The van der Waals surface area contributed by atoms with Gasteiger partial charge in [0.2, 0.25) is 11.8 Å². The summed E-state index contributed by atoms with van der Waals surface area (Å²) in [4.78, 5) is 23.8. The lowest BCUT2D eigenvalue weighted by Crippen LogP contribution is -2.34. The number of fused-ring (bicyclic) bond motifs is 1. The molecule has 2 amide bonds. The van der Waals surface area contributed by atoms with Gasteiger partial charge in [-0.25, -0.2) is 0 Å². The van der Waals surface area contributed by atoms with Crippen LogP contribution in [0.3, 0.4) is 0 Å². The quantitative estimate of drug-likeness (QED) is 0.590. The molecule has 0 saturated heterocycles. The summed E-state index contributed by atoms with van der Waals surface area (Å²) in [5.41, 5.74) is 0.903. The van der Waals surface area contributed by atoms with Gasteiger partial charge in [0.1, 0.15) is 12.4 Å². The van der Waals surface area contributed by atoms with Crippen molar-refractivity contribution >= 4 is 22.6 Å². The number of rotatable bonds is 8. The Kier molecular flexibility index (Phi) is 6.63. The second-order valence-electron chi connectivity index (χ2n) is 6.54. The molecule has 0 bridgehead atoms. The van der Waals surface area contributed by atoms with Crippen LogP contribution in [0.1, 0.15) is 24.9 Å². The van der Waals surface area contributed by atoms with Crippen molar-refractivity contribution in [3.63, 3.8) is 0 Å². The van der Waals surface area contributed by atoms with Crippen LogP contribution in [0.25, 0.3) is 10.8 Å². The molecule has 0 aliphatic carbocycles. The van der Waals surface area contributed by atoms with Crippen LogP contribution in [0.2, 0.25) is 0 Å². The molecular weight excluding hydrogens is 352 g/mol. The van der Waals surface area contributed by atoms with Gasteiger partial charge in [-0.1, -0.05) is 66.7 Å². The molecule has 0 aliphatic rings. The molecule has 0 heterocycles. The first kappa shape index (κ1) is 19.4. The molecule has 0 aliphatic heterocycles. The zero-order valence-corrected chi connectivity index (χ0v) is 15.9. The van der Waals surface area contributed by atoms with E-state index in [1.165, 1.54) is 6.92 Å². The van der Waals surface area contributed by atoms with Crippen LogP contribution in [-0.4, -0.2) is 25.0 Å². The molecule has 0 spiro atoms. The Morgan fingerprint density at radius 2 is 1.64 bits per heavy atom. The van der Waals surface area contributed by atoms with Crippen molar-refractivity contribution in [3.05, 3.63) is 78.4 Å². The van der Waals surface area contributed by atoms with Crippen molar-refractivity contribution < 1.29 is 14.3 Å². The third-order valence-corrected chi connectivity index (χ3v) is 4.40. The lowest BCUT2D eigenvalue weighted by molar-refractivity contribution is -0.122. The van der Waals surface area contributed by atoms with Gasteiger partial charge in [0.15, 0.2) is 0 Å². The minimum atomic E-state index is -0.349. The molecule has 5 heteroatoms. The third-order valence-electron chi connectivity index (χ3n) is 4.40. The summed E-state index contributed by atoms with van der Waals surface area (Å²) >= 11 is 0. The largest absolute Gasteiger partial charge is 0.491 e. The van der Waals surface area contributed by atoms with E-state index in [0.29, 0.717) is 13.2 Å². The summed E-state index contributed by atoms with van der Waals surface area (Å²) in [6.45, 7) is 2.21. The second-order valence-corrected chi connectivity index (χ2v) is 6.54. The normalized spacial score (nSPS) is 11.6. The van der Waals surface area contributed by atoms with Crippen LogP contribution in [0.5, 0.6) is 5.75 Å². The van der Waals surface area contributed by atoms with Crippen molar-refractivity contribution in [2.75, 3.05) is 13.2 Å². The highest BCUT2D eigenvalue weighted by molar-refractivity contribution is 5.88. The standard InChI is InChI=1S/C23H24N2O3/c1-17(26)25-21(19-9-3-2-4-10-19)16-23(27)24-14-15-28-22-13-7-11-18-8-5-6-12-20(18)22/h2-13,21H,14-16H2,1H3,(H,24,27)(H,25,26). The highest BCUT2D eigenvalue weighted by atomic mass is 16.5. The Bertz CT molecular complexity index is 935. The van der Waals surface area contributed by atoms with Gasteiger partial charge in [0.25, 0.3) is 0 Å². The van der Waals surface area contributed by atoms with Gasteiger partial charge in [0, 0.05) is 12.3 Å². The maximum atomic E-state index is 12.3. The van der Waals surface area contributed by atoms with E-state index >= 15 is 0 Å². The van der Waals surface area contributed by atoms with Crippen LogP contribution in [0, 0.1) is 0 Å². The zero-order valence-electron chi connectivity index (χ0n) is 15.9. The molecule has 0 fully saturated rings. The van der Waals surface area contributed by atoms with Crippen molar-refractivity contribution in [2.45, 2.75) is 19.4 Å². The lowest BCUT2D eigenvalue weighted by Gasteiger charge is -2.18. The van der Waals surface area contributed by atoms with Gasteiger partial charge in [0.05, 0.1) is 19.0 Å². The summed E-state index contributed by atoms with van der Waals surface area (Å²) in [7, 11) is 0. The molecule has 3 rings (SSSR count). The molecule has 28 heavy (non-hydrogen) atoms. The van der Waals surface area contributed by atoms with E-state index in [0.717, 1.165) is 22.1 Å². The molecule has 5 nitrogen and oxygen atoms in total. The van der Waals surface area contributed by atoms with Gasteiger partial charge in [-0.3, -0.25) is 9.59 Å². The first-order chi connectivity index (χ1) is 13.6. The second kappa shape index (κ2) is 9.55. The Hall–Kier alpha value is -3.34. The molecule has 144 valence electrons. The minimum Gasteiger partial charge on any atom is -0.491 e. The predicted molar refractivity (Wildman–Crippen MR) is 110 cm³/mol. The molecule has 0 aromatic heterocycles. The first-order valence-electron chi connectivity index (χ1n) is 9.33. The van der Waals surface area contributed by atoms with Gasteiger partial charge >= 0.3 is 0 Å². The van der Waals surface area contributed by atoms with Crippen LogP contribution < -0.4 is 15.4 Å². The number of hydrogen-bond donors (Lipinski definition) is 2. The fraction of sp³-hybridized carbons (Fsp3) is 0.217. The average Bonchev–Trinajstić information content (AvgIpc) is 2.71. The molecule has 1 unspecified atom stereocenters. The van der Waals surface area contributed by atoms with E-state index < -0.39 is 0 Å². The fourth-order valence-electron chi connectivity index (χ4n) is 3.11. The number of carbonyl (C=O) groups is 2. The van der Waals surface area contributed by atoms with Crippen molar-refractivity contribution in [2.24, 2.45) is 0 Å². The number of hydrogen-bond acceptors (Lipinski definition) is 3. The Morgan fingerprint density at radius 1 is 0.929 bits per heavy atom. The molecule has 0 saturated carbocycles. The van der Waals surface area contributed by atoms with Crippen LogP contribution in [-0.2, 0) is 9.59 Å². The maximum absolute atomic E-state index is 12.3. The minimum absolute atomic E-state index is 0.135. The molecule has 3 aromatic carbocycles. The fourth-order valence-corrected chi connectivity index (χ4v) is 3.11. The van der Waals surface area contributed by atoms with Gasteiger partial charge < -0.3 is 15.4 Å². The van der Waals surface area contributed by atoms with Crippen molar-refractivity contribution in [1.29, 1.82) is 0 Å². The molecule has 1 atom stereocenters. The summed E-state index contributed by atoms with van der Waals surface area (Å²) in [6, 6.07) is 23.1. The Morgan fingerprint density at radius 3 is 2.43 bits per heavy atom. The highest BCUT2D eigenvalue weighted by Crippen LogP contribution is 2.24. The summed E-state index contributed by atoms with van der Waals surface area (Å²) in [6.07, 6.45) is 0.178. The molecule has 2 N–H and O–H groups in total. The van der Waals surface area contributed by atoms with Gasteiger partial charge in [-0.05, 0) is 17.0 Å². The number of carbonyl (C=O) groups excluding carboxylic acids is 2. The monoisotopic (exact) mass is 376 g/mol. The van der Waals surface area contributed by atoms with E-state index in [1.54, 1.807) is 0 Å². The van der Waals surface area contributed by atoms with Gasteiger partial charge in [-0.15, -0.1) is 0 Å². The van der Waals surface area contributed by atoms with E-state index in [1.807, 2.05) is 72.8 Å². The van der Waals surface area contributed by atoms with Gasteiger partial charge in [-0.2, -0.15) is 0 Å². The first-order valence-corrected chi connectivity index (χ1v) is 9.33. The van der Waals surface area contributed by atoms with E-state index in [4.69, 9.17) is 4.74 Å². The van der Waals surface area contributed by atoms with Crippen molar-refractivity contribution in [3.8, 4) is 5.75 Å². The van der Waals surface area contributed by atoms with Crippen LogP contribution in [0.15, 0.2) is 72.8 Å². The van der Waals surface area contributed by atoms with E-state index in [2.05, 4.69) is 10.6 Å². The zero-order chi connectivity index (χ0) is 19.8. The SMILES string of the molecule is CC(=O)NC(CC(=O)NCCOc1cccc2ccccc12)c1ccccc1.